The number of non-ortho nitro benzene ring substituents is 1. The molecule has 0 unspecified atom stereocenters. The van der Waals surface area contributed by atoms with Crippen molar-refractivity contribution < 1.29 is 23.2 Å². The molecule has 6 nitrogen and oxygen atoms in total. The first-order valence-corrected chi connectivity index (χ1v) is 4.97. The molecular formula is C10H6F3N3O3. The van der Waals surface area contributed by atoms with E-state index in [1.54, 1.807) is 0 Å². The summed E-state index contributed by atoms with van der Waals surface area (Å²) < 4.78 is 37.1. The molecule has 0 fully saturated rings. The number of aromatic hydroxyl groups is 1. The Balaban J connectivity index is 2.31. The number of phenols is 1. The Bertz CT molecular complexity index is 608. The predicted octanol–water partition coefficient (Wildman–Crippen LogP) is 2.41. The summed E-state index contributed by atoms with van der Waals surface area (Å²) in [6.45, 7) is 0. The van der Waals surface area contributed by atoms with Crippen LogP contribution in [0.3, 0.4) is 0 Å². The molecule has 0 saturated heterocycles. The molecule has 0 radical (unpaired) electrons. The first kappa shape index (κ1) is 13.0. The molecule has 0 aromatic heterocycles. The molecule has 1 aliphatic heterocycles. The minimum atomic E-state index is -4.61. The molecule has 1 aliphatic rings. The number of hydrogen-bond donors (Lipinski definition) is 1. The summed E-state index contributed by atoms with van der Waals surface area (Å²) in [6, 6.07) is 3.03. The van der Waals surface area contributed by atoms with Gasteiger partial charge in [0.1, 0.15) is 11.5 Å². The SMILES string of the molecule is O=[N+]([O-])c1ccc(O)c(C2=NN=C(C(F)(F)F)C2)c1. The molecule has 2 rings (SSSR count). The summed E-state index contributed by atoms with van der Waals surface area (Å²) in [4.78, 5) is 9.86. The van der Waals surface area contributed by atoms with Crippen molar-refractivity contribution in [2.45, 2.75) is 12.6 Å². The predicted molar refractivity (Wildman–Crippen MR) is 59.4 cm³/mol. The molecule has 0 atom stereocenters. The summed E-state index contributed by atoms with van der Waals surface area (Å²) in [5, 5.41) is 26.4. The van der Waals surface area contributed by atoms with Crippen molar-refractivity contribution in [2.24, 2.45) is 10.2 Å². The van der Waals surface area contributed by atoms with Gasteiger partial charge in [0.2, 0.25) is 0 Å². The average molecular weight is 273 g/mol. The Kier molecular flexibility index (Phi) is 2.97. The number of nitro groups is 1. The largest absolute Gasteiger partial charge is 0.507 e. The van der Waals surface area contributed by atoms with Gasteiger partial charge < -0.3 is 5.11 Å². The lowest BCUT2D eigenvalue weighted by Crippen LogP contribution is -2.23. The van der Waals surface area contributed by atoms with E-state index in [2.05, 4.69) is 10.2 Å². The standard InChI is InChI=1S/C10H6F3N3O3/c11-10(12,13)9-4-7(14-15-9)6-3-5(16(18)19)1-2-8(6)17/h1-3,17H,4H2. The third kappa shape index (κ3) is 2.54. The molecule has 1 aromatic carbocycles. The van der Waals surface area contributed by atoms with E-state index in [9.17, 15) is 28.4 Å². The number of nitro benzene ring substituents is 1. The van der Waals surface area contributed by atoms with Gasteiger partial charge in [0, 0.05) is 24.1 Å². The van der Waals surface area contributed by atoms with Crippen molar-refractivity contribution in [3.05, 3.63) is 33.9 Å². The first-order chi connectivity index (χ1) is 8.79. The normalized spacial score (nSPS) is 15.1. The van der Waals surface area contributed by atoms with Crippen molar-refractivity contribution in [1.29, 1.82) is 0 Å². The maximum Gasteiger partial charge on any atom is 0.431 e. The Hall–Kier alpha value is -2.45. The highest BCUT2D eigenvalue weighted by atomic mass is 19.4. The van der Waals surface area contributed by atoms with Gasteiger partial charge in [-0.1, -0.05) is 0 Å². The van der Waals surface area contributed by atoms with Crippen LogP contribution in [0.4, 0.5) is 18.9 Å². The smallest absolute Gasteiger partial charge is 0.431 e. The zero-order valence-corrected chi connectivity index (χ0v) is 9.18. The van der Waals surface area contributed by atoms with Crippen molar-refractivity contribution in [2.75, 3.05) is 0 Å². The molecule has 1 heterocycles. The number of alkyl halides is 3. The molecule has 9 heteroatoms. The average Bonchev–Trinajstić information content (AvgIpc) is 2.78. The molecule has 1 N–H and O–H groups in total. The Morgan fingerprint density at radius 3 is 2.53 bits per heavy atom. The molecule has 1 aromatic rings. The number of halogens is 3. The van der Waals surface area contributed by atoms with Gasteiger partial charge in [-0.25, -0.2) is 0 Å². The van der Waals surface area contributed by atoms with Gasteiger partial charge in [0.25, 0.3) is 5.69 Å². The highest BCUT2D eigenvalue weighted by Gasteiger charge is 2.39. The molecule has 0 bridgehead atoms. The van der Waals surface area contributed by atoms with E-state index in [0.29, 0.717) is 0 Å². The van der Waals surface area contributed by atoms with E-state index in [1.165, 1.54) is 0 Å². The second kappa shape index (κ2) is 4.34. The third-order valence-corrected chi connectivity index (χ3v) is 2.46. The summed E-state index contributed by atoms with van der Waals surface area (Å²) in [5.74, 6) is -0.386. The summed E-state index contributed by atoms with van der Waals surface area (Å²) in [6.07, 6.45) is -5.24. The number of nitrogens with zero attached hydrogens (tertiary/aromatic N) is 3. The summed E-state index contributed by atoms with van der Waals surface area (Å²) in [7, 11) is 0. The van der Waals surface area contributed by atoms with E-state index in [0.717, 1.165) is 18.2 Å². The van der Waals surface area contributed by atoms with Crippen molar-refractivity contribution in [3.8, 4) is 5.75 Å². The van der Waals surface area contributed by atoms with Crippen molar-refractivity contribution in [1.82, 2.24) is 0 Å². The van der Waals surface area contributed by atoms with Crippen LogP contribution < -0.4 is 0 Å². The summed E-state index contributed by atoms with van der Waals surface area (Å²) >= 11 is 0. The Morgan fingerprint density at radius 1 is 1.32 bits per heavy atom. The zero-order chi connectivity index (χ0) is 14.2. The fraction of sp³-hybridized carbons (Fsp3) is 0.200. The lowest BCUT2D eigenvalue weighted by molar-refractivity contribution is -0.384. The van der Waals surface area contributed by atoms with Gasteiger partial charge in [-0.3, -0.25) is 10.1 Å². The molecule has 0 aliphatic carbocycles. The second-order valence-electron chi connectivity index (χ2n) is 3.73. The van der Waals surface area contributed by atoms with Crippen LogP contribution >= 0.6 is 0 Å². The quantitative estimate of drug-likeness (QED) is 0.662. The number of hydrogen-bond acceptors (Lipinski definition) is 5. The molecular weight excluding hydrogens is 267 g/mol. The monoisotopic (exact) mass is 273 g/mol. The maximum absolute atomic E-state index is 12.4. The topological polar surface area (TPSA) is 88.1 Å². The van der Waals surface area contributed by atoms with Crippen molar-refractivity contribution >= 4 is 17.1 Å². The highest BCUT2D eigenvalue weighted by molar-refractivity contribution is 6.17. The summed E-state index contributed by atoms with van der Waals surface area (Å²) in [5.41, 5.74) is -1.74. The highest BCUT2D eigenvalue weighted by Crippen LogP contribution is 2.29. The van der Waals surface area contributed by atoms with Crippen LogP contribution in [0.25, 0.3) is 0 Å². The van der Waals surface area contributed by atoms with Gasteiger partial charge in [-0.2, -0.15) is 18.3 Å². The van der Waals surface area contributed by atoms with Crippen LogP contribution in [-0.4, -0.2) is 27.6 Å². The van der Waals surface area contributed by atoms with Crippen LogP contribution in [0.5, 0.6) is 5.75 Å². The van der Waals surface area contributed by atoms with Crippen LogP contribution in [-0.2, 0) is 0 Å². The van der Waals surface area contributed by atoms with E-state index in [1.807, 2.05) is 0 Å². The first-order valence-electron chi connectivity index (χ1n) is 4.97. The zero-order valence-electron chi connectivity index (χ0n) is 9.18. The van der Waals surface area contributed by atoms with Gasteiger partial charge in [0.05, 0.1) is 10.6 Å². The van der Waals surface area contributed by atoms with Gasteiger partial charge in [-0.05, 0) is 6.07 Å². The number of rotatable bonds is 2. The fourth-order valence-electron chi connectivity index (χ4n) is 1.52. The minimum Gasteiger partial charge on any atom is -0.507 e. The fourth-order valence-corrected chi connectivity index (χ4v) is 1.52. The lowest BCUT2D eigenvalue weighted by Gasteiger charge is -2.06. The van der Waals surface area contributed by atoms with Gasteiger partial charge in [-0.15, -0.1) is 5.10 Å². The van der Waals surface area contributed by atoms with Gasteiger partial charge >= 0.3 is 6.18 Å². The van der Waals surface area contributed by atoms with E-state index in [4.69, 9.17) is 0 Å². The van der Waals surface area contributed by atoms with Crippen LogP contribution in [0, 0.1) is 10.1 Å². The third-order valence-electron chi connectivity index (χ3n) is 2.46. The van der Waals surface area contributed by atoms with Crippen LogP contribution in [0.15, 0.2) is 28.4 Å². The number of phenolic OH excluding ortho intramolecular Hbond substituents is 1. The van der Waals surface area contributed by atoms with Crippen molar-refractivity contribution in [3.63, 3.8) is 0 Å². The molecule has 19 heavy (non-hydrogen) atoms. The molecule has 100 valence electrons. The van der Waals surface area contributed by atoms with Gasteiger partial charge in [0.15, 0.2) is 0 Å². The Morgan fingerprint density at radius 2 is 2.00 bits per heavy atom. The number of benzene rings is 1. The second-order valence-corrected chi connectivity index (χ2v) is 3.73. The van der Waals surface area contributed by atoms with E-state index < -0.39 is 23.2 Å². The lowest BCUT2D eigenvalue weighted by atomic mass is 10.0. The maximum atomic E-state index is 12.4. The molecule has 0 spiro atoms. The Labute approximate surface area is 104 Å². The minimum absolute atomic E-state index is 0.128. The van der Waals surface area contributed by atoms with Crippen LogP contribution in [0.2, 0.25) is 0 Å². The molecule has 0 amide bonds. The van der Waals surface area contributed by atoms with E-state index in [-0.39, 0.29) is 22.7 Å². The molecule has 0 saturated carbocycles. The van der Waals surface area contributed by atoms with E-state index >= 15 is 0 Å². The van der Waals surface area contributed by atoms with Crippen LogP contribution in [0.1, 0.15) is 12.0 Å².